The molecule has 0 fully saturated rings. The maximum atomic E-state index is 12.4. The molecule has 1 atom stereocenters. The van der Waals surface area contributed by atoms with E-state index in [1.807, 2.05) is 0 Å². The molecule has 1 aromatic rings. The van der Waals surface area contributed by atoms with Crippen LogP contribution in [0.25, 0.3) is 0 Å². The molecule has 0 unspecified atom stereocenters. The van der Waals surface area contributed by atoms with Crippen LogP contribution in [-0.2, 0) is 0 Å². The minimum Gasteiger partial charge on any atom is -0.324 e. The van der Waals surface area contributed by atoms with Crippen LogP contribution in [0.3, 0.4) is 0 Å². The molecule has 12 heavy (non-hydrogen) atoms. The van der Waals surface area contributed by atoms with E-state index in [1.165, 1.54) is 6.07 Å². The van der Waals surface area contributed by atoms with Gasteiger partial charge in [0.05, 0.1) is 6.20 Å². The van der Waals surface area contributed by atoms with Crippen LogP contribution in [0.1, 0.15) is 18.5 Å². The third-order valence-corrected chi connectivity index (χ3v) is 1.25. The molecule has 0 saturated carbocycles. The summed E-state index contributed by atoms with van der Waals surface area (Å²) >= 11 is 0. The number of hydrogen-bond acceptors (Lipinski definition) is 2. The second-order valence-corrected chi connectivity index (χ2v) is 2.23. The Labute approximate surface area is 83.2 Å². The lowest BCUT2D eigenvalue weighted by molar-refractivity contribution is 0.615. The van der Waals surface area contributed by atoms with Gasteiger partial charge in [0, 0.05) is 12.2 Å². The molecule has 1 aromatic heterocycles. The molecule has 70 valence electrons. The van der Waals surface area contributed by atoms with Crippen molar-refractivity contribution in [3.05, 3.63) is 29.8 Å². The average molecular weight is 213 g/mol. The summed E-state index contributed by atoms with van der Waals surface area (Å²) in [6.45, 7) is 1.79. The van der Waals surface area contributed by atoms with Crippen molar-refractivity contribution in [2.75, 3.05) is 0 Å². The summed E-state index contributed by atoms with van der Waals surface area (Å²) in [5.41, 5.74) is 6.20. The highest BCUT2D eigenvalue weighted by Crippen LogP contribution is 2.07. The first kappa shape index (κ1) is 14.2. The first-order valence-electron chi connectivity index (χ1n) is 3.06. The molecule has 0 amide bonds. The van der Waals surface area contributed by atoms with Crippen LogP contribution in [0.4, 0.5) is 4.39 Å². The number of pyridine rings is 1. The van der Waals surface area contributed by atoms with Crippen LogP contribution in [0.5, 0.6) is 0 Å². The number of nitrogens with two attached hydrogens (primary N) is 1. The molecule has 2 N–H and O–H groups in total. The van der Waals surface area contributed by atoms with Gasteiger partial charge in [0.2, 0.25) is 0 Å². The third kappa shape index (κ3) is 3.85. The van der Waals surface area contributed by atoms with E-state index >= 15 is 0 Å². The summed E-state index contributed by atoms with van der Waals surface area (Å²) in [6.07, 6.45) is 2.72. The first-order valence-corrected chi connectivity index (χ1v) is 3.06. The van der Waals surface area contributed by atoms with Gasteiger partial charge in [-0.05, 0) is 18.6 Å². The van der Waals surface area contributed by atoms with E-state index in [0.29, 0.717) is 0 Å². The van der Waals surface area contributed by atoms with Crippen molar-refractivity contribution in [2.24, 2.45) is 5.73 Å². The third-order valence-electron chi connectivity index (χ3n) is 1.25. The second kappa shape index (κ2) is 6.17. The Morgan fingerprint density at radius 1 is 1.42 bits per heavy atom. The fraction of sp³-hybridized carbons (Fsp3) is 0.286. The number of rotatable bonds is 1. The second-order valence-electron chi connectivity index (χ2n) is 2.23. The fourth-order valence-electron chi connectivity index (χ4n) is 0.677. The van der Waals surface area contributed by atoms with Crippen LogP contribution in [0.2, 0.25) is 0 Å². The minimum absolute atomic E-state index is 0. The molecule has 0 spiro atoms. The van der Waals surface area contributed by atoms with Gasteiger partial charge in [0.15, 0.2) is 0 Å². The largest absolute Gasteiger partial charge is 0.324 e. The lowest BCUT2D eigenvalue weighted by atomic mass is 10.2. The Kier molecular flexibility index (Phi) is 7.28. The van der Waals surface area contributed by atoms with Crippen molar-refractivity contribution < 1.29 is 4.39 Å². The lowest BCUT2D eigenvalue weighted by Gasteiger charge is -2.02. The Morgan fingerprint density at radius 3 is 2.33 bits per heavy atom. The van der Waals surface area contributed by atoms with E-state index in [9.17, 15) is 4.39 Å². The van der Waals surface area contributed by atoms with Crippen molar-refractivity contribution in [1.29, 1.82) is 0 Å². The molecule has 0 aliphatic rings. The van der Waals surface area contributed by atoms with Gasteiger partial charge in [0.1, 0.15) is 5.82 Å². The number of nitrogens with zero attached hydrogens (tertiary/aromatic N) is 1. The quantitative estimate of drug-likeness (QED) is 0.775. The molecule has 5 heteroatoms. The van der Waals surface area contributed by atoms with Crippen molar-refractivity contribution in [2.45, 2.75) is 13.0 Å². The van der Waals surface area contributed by atoms with Crippen molar-refractivity contribution in [3.63, 3.8) is 0 Å². The van der Waals surface area contributed by atoms with Gasteiger partial charge < -0.3 is 5.73 Å². The Hall–Kier alpha value is -0.380. The van der Waals surface area contributed by atoms with Gasteiger partial charge in [-0.15, -0.1) is 24.8 Å². The van der Waals surface area contributed by atoms with Crippen LogP contribution in [-0.4, -0.2) is 4.98 Å². The molecule has 0 radical (unpaired) electrons. The van der Waals surface area contributed by atoms with Gasteiger partial charge in [-0.2, -0.15) is 0 Å². The molecule has 1 rings (SSSR count). The molecular formula is C7H11Cl2FN2. The highest BCUT2D eigenvalue weighted by molar-refractivity contribution is 5.85. The van der Waals surface area contributed by atoms with Gasteiger partial charge in [-0.1, -0.05) is 0 Å². The van der Waals surface area contributed by atoms with E-state index in [-0.39, 0.29) is 36.7 Å². The topological polar surface area (TPSA) is 38.9 Å². The maximum absolute atomic E-state index is 12.4. The summed E-state index contributed by atoms with van der Waals surface area (Å²) in [4.78, 5) is 3.65. The zero-order valence-corrected chi connectivity index (χ0v) is 8.16. The van der Waals surface area contributed by atoms with Crippen LogP contribution < -0.4 is 5.73 Å². The van der Waals surface area contributed by atoms with Crippen LogP contribution >= 0.6 is 24.8 Å². The molecule has 0 bridgehead atoms. The predicted octanol–water partition coefficient (Wildman–Crippen LogP) is 2.08. The molecule has 0 aromatic carbocycles. The molecular weight excluding hydrogens is 202 g/mol. The molecule has 0 aliphatic heterocycles. The van der Waals surface area contributed by atoms with Crippen molar-refractivity contribution >= 4 is 24.8 Å². The van der Waals surface area contributed by atoms with Crippen LogP contribution in [0.15, 0.2) is 18.5 Å². The van der Waals surface area contributed by atoms with Crippen molar-refractivity contribution in [1.82, 2.24) is 4.98 Å². The first-order chi connectivity index (χ1) is 4.70. The van der Waals surface area contributed by atoms with Crippen molar-refractivity contribution in [3.8, 4) is 0 Å². The number of hydrogen-bond donors (Lipinski definition) is 1. The maximum Gasteiger partial charge on any atom is 0.141 e. The number of halogens is 3. The summed E-state index contributed by atoms with van der Waals surface area (Å²) in [6, 6.07) is 1.24. The van der Waals surface area contributed by atoms with Gasteiger partial charge in [-0.25, -0.2) is 4.39 Å². The Bertz CT molecular complexity index is 230. The molecule has 1 heterocycles. The summed E-state index contributed by atoms with van der Waals surface area (Å²) in [5.74, 6) is -0.338. The normalized spacial score (nSPS) is 10.9. The van der Waals surface area contributed by atoms with Gasteiger partial charge >= 0.3 is 0 Å². The van der Waals surface area contributed by atoms with Gasteiger partial charge in [0.25, 0.3) is 0 Å². The van der Waals surface area contributed by atoms with E-state index < -0.39 is 0 Å². The minimum atomic E-state index is -0.338. The monoisotopic (exact) mass is 212 g/mol. The predicted molar refractivity (Wildman–Crippen MR) is 51.3 cm³/mol. The number of aromatic nitrogens is 1. The zero-order valence-electron chi connectivity index (χ0n) is 6.53. The zero-order chi connectivity index (χ0) is 7.56. The fourth-order valence-corrected chi connectivity index (χ4v) is 0.677. The van der Waals surface area contributed by atoms with Gasteiger partial charge in [-0.3, -0.25) is 4.98 Å². The highest BCUT2D eigenvalue weighted by Gasteiger charge is 1.99. The smallest absolute Gasteiger partial charge is 0.141 e. The molecule has 2 nitrogen and oxygen atoms in total. The van der Waals surface area contributed by atoms with E-state index in [4.69, 9.17) is 5.73 Å². The standard InChI is InChI=1S/C7H9FN2.2ClH/c1-5(9)6-2-7(8)4-10-3-6;;/h2-5H,9H2,1H3;2*1H/t5-;;/m0../s1. The Balaban J connectivity index is 0. The summed E-state index contributed by atoms with van der Waals surface area (Å²) in [5, 5.41) is 0. The SMILES string of the molecule is C[C@H](N)c1cncc(F)c1.Cl.Cl. The summed E-state index contributed by atoms with van der Waals surface area (Å²) in [7, 11) is 0. The summed E-state index contributed by atoms with van der Waals surface area (Å²) < 4.78 is 12.4. The van der Waals surface area contributed by atoms with E-state index in [0.717, 1.165) is 11.8 Å². The van der Waals surface area contributed by atoms with E-state index in [2.05, 4.69) is 4.98 Å². The molecule has 0 saturated heterocycles. The van der Waals surface area contributed by atoms with Crippen LogP contribution in [0, 0.1) is 5.82 Å². The Morgan fingerprint density at radius 2 is 2.00 bits per heavy atom. The lowest BCUT2D eigenvalue weighted by Crippen LogP contribution is -2.05. The molecule has 0 aliphatic carbocycles. The average Bonchev–Trinajstić information content (AvgIpc) is 1.88. The van der Waals surface area contributed by atoms with E-state index in [1.54, 1.807) is 13.1 Å². The highest BCUT2D eigenvalue weighted by atomic mass is 35.5.